The van der Waals surface area contributed by atoms with Crippen molar-refractivity contribution in [2.75, 3.05) is 24.8 Å². The quantitative estimate of drug-likeness (QED) is 0.463. The number of nitrogens with one attached hydrogen (secondary N) is 1. The van der Waals surface area contributed by atoms with Crippen LogP contribution in [0.5, 0.6) is 5.75 Å². The minimum absolute atomic E-state index is 0.0712. The van der Waals surface area contributed by atoms with Gasteiger partial charge in [-0.3, -0.25) is 9.59 Å². The molecule has 3 rings (SSSR count). The molecule has 0 saturated carbocycles. The highest BCUT2D eigenvalue weighted by Gasteiger charge is 2.27. The number of carbonyl (C=O) groups is 3. The summed E-state index contributed by atoms with van der Waals surface area (Å²) in [5, 5.41) is 2.91. The molecule has 0 aromatic heterocycles. The Hall–Kier alpha value is -3.06. The van der Waals surface area contributed by atoms with Crippen LogP contribution in [0.4, 0.5) is 11.4 Å². The highest BCUT2D eigenvalue weighted by atomic mass is 35.5. The van der Waals surface area contributed by atoms with Gasteiger partial charge in [0.15, 0.2) is 12.4 Å². The molecule has 1 amide bonds. The Labute approximate surface area is 160 Å². The first-order chi connectivity index (χ1) is 12.8. The normalized spacial score (nSPS) is 15.1. The van der Waals surface area contributed by atoms with Crippen molar-refractivity contribution in [2.45, 2.75) is 12.8 Å². The molecule has 27 heavy (non-hydrogen) atoms. The van der Waals surface area contributed by atoms with Crippen LogP contribution in [-0.2, 0) is 9.53 Å². The summed E-state index contributed by atoms with van der Waals surface area (Å²) in [5.74, 6) is -1.40. The third-order valence-corrected chi connectivity index (χ3v) is 4.69. The van der Waals surface area contributed by atoms with Crippen LogP contribution in [0, 0.1) is 0 Å². The molecule has 0 aliphatic carbocycles. The molecule has 0 radical (unpaired) electrons. The molecule has 0 saturated heterocycles. The van der Waals surface area contributed by atoms with Gasteiger partial charge in [-0.25, -0.2) is 4.79 Å². The fourth-order valence-corrected chi connectivity index (χ4v) is 2.94. The smallest absolute Gasteiger partial charge is 0.342 e. The molecule has 1 aliphatic heterocycles. The van der Waals surface area contributed by atoms with Gasteiger partial charge in [-0.15, -0.1) is 0 Å². The van der Waals surface area contributed by atoms with Gasteiger partial charge in [0.1, 0.15) is 11.3 Å². The van der Waals surface area contributed by atoms with Crippen molar-refractivity contribution in [3.63, 3.8) is 0 Å². The number of hydrogen-bond acceptors (Lipinski definition) is 6. The zero-order chi connectivity index (χ0) is 19.7. The van der Waals surface area contributed by atoms with Crippen molar-refractivity contribution in [3.05, 3.63) is 52.0 Å². The number of carbonyl (C=O) groups excluding carboxylic acids is 3. The maximum atomic E-state index is 12.4. The van der Waals surface area contributed by atoms with Crippen LogP contribution in [0.15, 0.2) is 30.3 Å². The Bertz CT molecular complexity index is 957. The van der Waals surface area contributed by atoms with E-state index in [9.17, 15) is 14.4 Å². The number of benzene rings is 2. The fourth-order valence-electron chi connectivity index (χ4n) is 2.78. The van der Waals surface area contributed by atoms with Gasteiger partial charge in [0.05, 0.1) is 23.7 Å². The lowest BCUT2D eigenvalue weighted by Crippen LogP contribution is -2.15. The second-order valence-electron chi connectivity index (χ2n) is 6.09. The first kappa shape index (κ1) is 18.7. The third kappa shape index (κ3) is 3.59. The van der Waals surface area contributed by atoms with Crippen LogP contribution in [0.2, 0.25) is 5.02 Å². The van der Waals surface area contributed by atoms with E-state index >= 15 is 0 Å². The lowest BCUT2D eigenvalue weighted by molar-refractivity contribution is -0.116. The zero-order valence-electron chi connectivity index (χ0n) is 14.7. The topological polar surface area (TPSA) is 108 Å². The van der Waals surface area contributed by atoms with Gasteiger partial charge in [0.2, 0.25) is 5.91 Å². The molecular weight excluding hydrogens is 372 g/mol. The Morgan fingerprint density at radius 2 is 2.00 bits per heavy atom. The van der Waals surface area contributed by atoms with E-state index in [-0.39, 0.29) is 33.8 Å². The van der Waals surface area contributed by atoms with Crippen LogP contribution in [0.1, 0.15) is 39.1 Å². The Balaban J connectivity index is 1.73. The number of esters is 1. The van der Waals surface area contributed by atoms with Crippen LogP contribution in [-0.4, -0.2) is 31.4 Å². The van der Waals surface area contributed by atoms with Gasteiger partial charge < -0.3 is 20.5 Å². The molecule has 7 nitrogen and oxygen atoms in total. The van der Waals surface area contributed by atoms with Gasteiger partial charge in [0, 0.05) is 17.3 Å². The summed E-state index contributed by atoms with van der Waals surface area (Å²) in [6.07, 6.45) is 0. The SMILES string of the molecule is COc1cc(N)c(Cl)cc1C(=O)OCC(=O)c1ccc2c(c1)[C@@H](C)C(=O)N2. The monoisotopic (exact) mass is 388 g/mol. The number of fused-ring (bicyclic) bond motifs is 1. The first-order valence-corrected chi connectivity index (χ1v) is 8.47. The average molecular weight is 389 g/mol. The molecule has 1 heterocycles. The molecule has 3 N–H and O–H groups in total. The first-order valence-electron chi connectivity index (χ1n) is 8.10. The predicted octanol–water partition coefficient (Wildman–Crippen LogP) is 3.03. The number of anilines is 2. The number of methoxy groups -OCH3 is 1. The van der Waals surface area contributed by atoms with Crippen molar-refractivity contribution < 1.29 is 23.9 Å². The minimum atomic E-state index is -0.756. The number of nitrogens with two attached hydrogens (primary N) is 1. The molecule has 0 spiro atoms. The molecule has 0 bridgehead atoms. The molecule has 1 aliphatic rings. The molecule has 0 fully saturated rings. The second-order valence-corrected chi connectivity index (χ2v) is 6.49. The van der Waals surface area contributed by atoms with Crippen LogP contribution in [0.25, 0.3) is 0 Å². The van der Waals surface area contributed by atoms with Crippen molar-refractivity contribution in [1.82, 2.24) is 0 Å². The van der Waals surface area contributed by atoms with E-state index in [4.69, 9.17) is 26.8 Å². The van der Waals surface area contributed by atoms with E-state index in [1.165, 1.54) is 19.2 Å². The second kappa shape index (κ2) is 7.28. The number of amides is 1. The highest BCUT2D eigenvalue weighted by molar-refractivity contribution is 6.33. The lowest BCUT2D eigenvalue weighted by atomic mass is 9.99. The van der Waals surface area contributed by atoms with Gasteiger partial charge in [0.25, 0.3) is 0 Å². The number of nitrogen functional groups attached to an aromatic ring is 1. The van der Waals surface area contributed by atoms with E-state index < -0.39 is 18.4 Å². The maximum Gasteiger partial charge on any atom is 0.342 e. The molecule has 2 aromatic carbocycles. The van der Waals surface area contributed by atoms with Crippen molar-refractivity contribution in [1.29, 1.82) is 0 Å². The van der Waals surface area contributed by atoms with Gasteiger partial charge >= 0.3 is 5.97 Å². The van der Waals surface area contributed by atoms with Crippen molar-refractivity contribution in [3.8, 4) is 5.75 Å². The molecule has 2 aromatic rings. The summed E-state index contributed by atoms with van der Waals surface area (Å²) < 4.78 is 10.2. The van der Waals surface area contributed by atoms with Gasteiger partial charge in [-0.05, 0) is 36.8 Å². The number of hydrogen-bond donors (Lipinski definition) is 2. The van der Waals surface area contributed by atoms with Crippen LogP contribution >= 0.6 is 11.6 Å². The molecular formula is C19H17ClN2O5. The molecule has 0 unspecified atom stereocenters. The van der Waals surface area contributed by atoms with E-state index in [1.807, 2.05) is 0 Å². The maximum absolute atomic E-state index is 12.4. The summed E-state index contributed by atoms with van der Waals surface area (Å²) in [4.78, 5) is 36.4. The summed E-state index contributed by atoms with van der Waals surface area (Å²) in [6, 6.07) is 7.61. The fraction of sp³-hybridized carbons (Fsp3) is 0.211. The molecule has 1 atom stereocenters. The largest absolute Gasteiger partial charge is 0.496 e. The molecule has 8 heteroatoms. The van der Waals surface area contributed by atoms with E-state index in [0.717, 1.165) is 5.56 Å². The number of ether oxygens (including phenoxy) is 2. The number of Topliss-reactive ketones (excluding diaryl/α,β-unsaturated/α-hetero) is 1. The van der Waals surface area contributed by atoms with Gasteiger partial charge in [-0.1, -0.05) is 11.6 Å². The highest BCUT2D eigenvalue weighted by Crippen LogP contribution is 2.33. The Morgan fingerprint density at radius 3 is 2.70 bits per heavy atom. The summed E-state index contributed by atoms with van der Waals surface area (Å²) in [5.41, 5.74) is 7.79. The van der Waals surface area contributed by atoms with Crippen LogP contribution < -0.4 is 15.8 Å². The predicted molar refractivity (Wildman–Crippen MR) is 101 cm³/mol. The number of halogens is 1. The number of ketones is 1. The summed E-state index contributed by atoms with van der Waals surface area (Å²) in [6.45, 7) is 1.30. The summed E-state index contributed by atoms with van der Waals surface area (Å²) >= 11 is 5.94. The van der Waals surface area contributed by atoms with Crippen molar-refractivity contribution >= 4 is 40.6 Å². The van der Waals surface area contributed by atoms with E-state index in [2.05, 4.69) is 5.32 Å². The number of rotatable bonds is 5. The Kier molecular flexibility index (Phi) is 5.05. The van der Waals surface area contributed by atoms with E-state index in [0.29, 0.717) is 11.3 Å². The van der Waals surface area contributed by atoms with E-state index in [1.54, 1.807) is 25.1 Å². The third-order valence-electron chi connectivity index (χ3n) is 4.36. The summed E-state index contributed by atoms with van der Waals surface area (Å²) in [7, 11) is 1.38. The van der Waals surface area contributed by atoms with Crippen LogP contribution in [0.3, 0.4) is 0 Å². The van der Waals surface area contributed by atoms with Gasteiger partial charge in [-0.2, -0.15) is 0 Å². The molecule has 140 valence electrons. The Morgan fingerprint density at radius 1 is 1.26 bits per heavy atom. The zero-order valence-corrected chi connectivity index (χ0v) is 15.4. The average Bonchev–Trinajstić information content (AvgIpc) is 2.94. The lowest BCUT2D eigenvalue weighted by Gasteiger charge is -2.11. The minimum Gasteiger partial charge on any atom is -0.496 e. The standard InChI is InChI=1S/C19H17ClN2O5/c1-9-11-5-10(3-4-15(11)22-18(9)24)16(23)8-27-19(25)12-6-13(20)14(21)7-17(12)26-2/h3-7,9H,8,21H2,1-2H3,(H,22,24)/t9-/m1/s1. The van der Waals surface area contributed by atoms with Crippen molar-refractivity contribution in [2.24, 2.45) is 0 Å².